The van der Waals surface area contributed by atoms with Crippen molar-refractivity contribution < 1.29 is 48.0 Å². The first-order valence-electron chi connectivity index (χ1n) is 19.5. The van der Waals surface area contributed by atoms with Gasteiger partial charge < -0.3 is 44.7 Å². The average Bonchev–Trinajstić information content (AvgIpc) is 3.81. The second-order valence-electron chi connectivity index (χ2n) is 13.3. The Bertz CT molecular complexity index is 2400. The predicted molar refractivity (Wildman–Crippen MR) is 229 cm³/mol. The van der Waals surface area contributed by atoms with Crippen LogP contribution in [0.5, 0.6) is 0 Å². The molecular weight excluding hydrogens is 836 g/mol. The fourth-order valence-corrected chi connectivity index (χ4v) is 6.70. The number of aryl methyl sites for hydroxylation is 2. The Hall–Kier alpha value is -6.61. The molecule has 6 rings (SSSR count). The Morgan fingerprint density at radius 1 is 0.600 bits per heavy atom. The van der Waals surface area contributed by atoms with Gasteiger partial charge in [-0.15, -0.1) is 0 Å². The molecule has 5 N–H and O–H groups in total. The molecule has 2 aromatic heterocycles. The summed E-state index contributed by atoms with van der Waals surface area (Å²) >= 11 is 3.48. The van der Waals surface area contributed by atoms with Crippen LogP contribution in [0.3, 0.4) is 0 Å². The highest BCUT2D eigenvalue weighted by molar-refractivity contribution is 9.10. The zero-order valence-corrected chi connectivity index (χ0v) is 34.9. The summed E-state index contributed by atoms with van der Waals surface area (Å²) in [5.41, 5.74) is 5.80. The molecule has 2 heterocycles. The van der Waals surface area contributed by atoms with Crippen molar-refractivity contribution in [3.63, 3.8) is 0 Å². The van der Waals surface area contributed by atoms with Crippen molar-refractivity contribution >= 4 is 67.8 Å². The Morgan fingerprint density at radius 3 is 1.50 bits per heavy atom. The second kappa shape index (κ2) is 22.5. The molecule has 60 heavy (non-hydrogen) atoms. The Labute approximate surface area is 355 Å². The first-order chi connectivity index (χ1) is 29.1. The van der Waals surface area contributed by atoms with Crippen LogP contribution in [0.25, 0.3) is 21.8 Å². The molecule has 0 saturated carbocycles. The lowest BCUT2D eigenvalue weighted by Crippen LogP contribution is -2.25. The van der Waals surface area contributed by atoms with Crippen LogP contribution in [0.15, 0.2) is 102 Å². The quantitative estimate of drug-likeness (QED) is 0.0335. The monoisotopic (exact) mass is 882 g/mol. The molecule has 0 radical (unpaired) electrons. The van der Waals surface area contributed by atoms with Gasteiger partial charge in [-0.05, 0) is 98.2 Å². The van der Waals surface area contributed by atoms with Gasteiger partial charge in [0, 0.05) is 39.4 Å². The first-order valence-corrected chi connectivity index (χ1v) is 20.3. The number of aromatic carboxylic acids is 1. The van der Waals surface area contributed by atoms with Crippen LogP contribution in [0.1, 0.15) is 80.3 Å². The minimum Gasteiger partial charge on any atom is -0.478 e. The average molecular weight is 884 g/mol. The summed E-state index contributed by atoms with van der Waals surface area (Å²) in [6, 6.07) is 29.3. The SMILES string of the molecule is CCOC(=O)c1[nH]c2ccc(Br)cc2c1CCCNC(=O)OCc1ccccc1.CCOC(=O)c1[nH]c2ccc(C(=O)O)cc2c1CCCNC(=O)OCc1ccccc1. The van der Waals surface area contributed by atoms with E-state index in [-0.39, 0.29) is 31.4 Å². The Morgan fingerprint density at radius 2 is 1.05 bits per heavy atom. The number of rotatable bonds is 17. The van der Waals surface area contributed by atoms with E-state index in [2.05, 4.69) is 36.5 Å². The van der Waals surface area contributed by atoms with Gasteiger partial charge in [-0.2, -0.15) is 0 Å². The van der Waals surface area contributed by atoms with Crippen LogP contribution in [0.2, 0.25) is 0 Å². The zero-order valence-electron chi connectivity index (χ0n) is 33.3. The van der Waals surface area contributed by atoms with Gasteiger partial charge in [-0.3, -0.25) is 0 Å². The molecule has 0 aliphatic heterocycles. The third-order valence-electron chi connectivity index (χ3n) is 9.15. The molecule has 0 spiro atoms. The number of carbonyl (C=O) groups is 5. The van der Waals surface area contributed by atoms with E-state index < -0.39 is 24.1 Å². The van der Waals surface area contributed by atoms with E-state index in [0.717, 1.165) is 32.1 Å². The third kappa shape index (κ3) is 12.7. The van der Waals surface area contributed by atoms with Crippen LogP contribution in [-0.2, 0) is 45.0 Å². The predicted octanol–water partition coefficient (Wildman–Crippen LogP) is 8.87. The van der Waals surface area contributed by atoms with Crippen molar-refractivity contribution in [2.75, 3.05) is 26.3 Å². The van der Waals surface area contributed by atoms with E-state index in [1.807, 2.05) is 78.9 Å². The molecular formula is C45H47BrN4O10. The number of benzene rings is 4. The number of alkyl carbamates (subject to hydrolysis) is 2. The highest BCUT2D eigenvalue weighted by atomic mass is 79.9. The van der Waals surface area contributed by atoms with Crippen molar-refractivity contribution in [2.45, 2.75) is 52.7 Å². The number of ether oxygens (including phenoxy) is 4. The van der Waals surface area contributed by atoms with Gasteiger partial charge in [-0.25, -0.2) is 24.0 Å². The number of aromatic amines is 2. The summed E-state index contributed by atoms with van der Waals surface area (Å²) in [6.07, 6.45) is 1.26. The number of hydrogen-bond donors (Lipinski definition) is 5. The summed E-state index contributed by atoms with van der Waals surface area (Å²) < 4.78 is 21.6. The third-order valence-corrected chi connectivity index (χ3v) is 9.64. The second-order valence-corrected chi connectivity index (χ2v) is 14.3. The lowest BCUT2D eigenvalue weighted by Gasteiger charge is -2.08. The van der Waals surface area contributed by atoms with E-state index in [1.165, 1.54) is 12.1 Å². The summed E-state index contributed by atoms with van der Waals surface area (Å²) in [5.74, 6) is -1.92. The van der Waals surface area contributed by atoms with E-state index >= 15 is 0 Å². The zero-order chi connectivity index (χ0) is 42.9. The van der Waals surface area contributed by atoms with Gasteiger partial charge in [0.2, 0.25) is 0 Å². The molecule has 0 unspecified atom stereocenters. The molecule has 0 saturated heterocycles. The highest BCUT2D eigenvalue weighted by Gasteiger charge is 2.21. The number of halogens is 1. The molecule has 0 bridgehead atoms. The van der Waals surface area contributed by atoms with Gasteiger partial charge in [0.15, 0.2) is 0 Å². The number of nitrogens with one attached hydrogen (secondary N) is 4. The lowest BCUT2D eigenvalue weighted by atomic mass is 10.0. The number of carboxylic acid groups (broad SMARTS) is 1. The van der Waals surface area contributed by atoms with Gasteiger partial charge in [-0.1, -0.05) is 76.6 Å². The molecule has 4 aromatic carbocycles. The molecule has 2 amide bonds. The summed E-state index contributed by atoms with van der Waals surface area (Å²) in [7, 11) is 0. The van der Waals surface area contributed by atoms with Crippen LogP contribution in [-0.4, -0.2) is 71.5 Å². The first kappa shape index (κ1) is 44.5. The van der Waals surface area contributed by atoms with Crippen molar-refractivity contribution in [3.05, 3.63) is 141 Å². The van der Waals surface area contributed by atoms with Crippen molar-refractivity contribution in [1.82, 2.24) is 20.6 Å². The molecule has 6 aromatic rings. The van der Waals surface area contributed by atoms with E-state index in [4.69, 9.17) is 18.9 Å². The van der Waals surface area contributed by atoms with Crippen LogP contribution >= 0.6 is 15.9 Å². The number of esters is 2. The molecule has 0 aliphatic carbocycles. The molecule has 314 valence electrons. The normalized spacial score (nSPS) is 10.7. The molecule has 0 atom stereocenters. The minimum absolute atomic E-state index is 0.130. The van der Waals surface area contributed by atoms with E-state index in [9.17, 15) is 29.1 Å². The largest absolute Gasteiger partial charge is 0.478 e. The number of carboxylic acids is 1. The Balaban J connectivity index is 0.000000228. The van der Waals surface area contributed by atoms with Crippen molar-refractivity contribution in [2.24, 2.45) is 0 Å². The smallest absolute Gasteiger partial charge is 0.407 e. The standard InChI is InChI=1S/C23H24N2O6.C22H23BrN2O4/c1-2-30-22(28)20-17(18-13-16(21(26)27)10-11-19(18)25-20)9-6-12-24-23(29)31-14-15-7-4-3-5-8-15;1-2-28-21(26)20-17(18-13-16(23)10-11-19(18)25-20)9-6-12-24-22(27)29-14-15-7-4-3-5-8-15/h3-5,7-8,10-11,13,25H,2,6,9,12,14H2,1H3,(H,24,29)(H,26,27);3-5,7-8,10-11,13,25H,2,6,9,12,14H2,1H3,(H,24,27). The highest BCUT2D eigenvalue weighted by Crippen LogP contribution is 2.28. The van der Waals surface area contributed by atoms with E-state index in [1.54, 1.807) is 19.9 Å². The van der Waals surface area contributed by atoms with Crippen molar-refractivity contribution in [3.8, 4) is 0 Å². The minimum atomic E-state index is -1.05. The van der Waals surface area contributed by atoms with Gasteiger partial charge >= 0.3 is 30.1 Å². The Kier molecular flexibility index (Phi) is 16.7. The maximum absolute atomic E-state index is 12.4. The number of fused-ring (bicyclic) bond motifs is 2. The molecule has 14 nitrogen and oxygen atoms in total. The number of hydrogen-bond acceptors (Lipinski definition) is 9. The molecule has 0 aliphatic rings. The number of amides is 2. The summed E-state index contributed by atoms with van der Waals surface area (Å²) in [4.78, 5) is 66.0. The van der Waals surface area contributed by atoms with Crippen LogP contribution < -0.4 is 10.6 Å². The number of aromatic nitrogens is 2. The summed E-state index contributed by atoms with van der Waals surface area (Å²) in [5, 5.41) is 16.3. The molecule has 15 heteroatoms. The lowest BCUT2D eigenvalue weighted by molar-refractivity contribution is 0.0510. The maximum atomic E-state index is 12.4. The van der Waals surface area contributed by atoms with Crippen molar-refractivity contribution in [1.29, 1.82) is 0 Å². The van der Waals surface area contributed by atoms with Gasteiger partial charge in [0.05, 0.1) is 18.8 Å². The number of carbonyl (C=O) groups excluding carboxylic acids is 4. The fourth-order valence-electron chi connectivity index (χ4n) is 6.33. The van der Waals surface area contributed by atoms with Gasteiger partial charge in [0.1, 0.15) is 24.6 Å². The fraction of sp³-hybridized carbons (Fsp3) is 0.267. The van der Waals surface area contributed by atoms with Crippen LogP contribution in [0.4, 0.5) is 9.59 Å². The van der Waals surface area contributed by atoms with Crippen LogP contribution in [0, 0.1) is 0 Å². The van der Waals surface area contributed by atoms with Gasteiger partial charge in [0.25, 0.3) is 0 Å². The maximum Gasteiger partial charge on any atom is 0.407 e. The topological polar surface area (TPSA) is 198 Å². The summed E-state index contributed by atoms with van der Waals surface area (Å²) in [6.45, 7) is 5.22. The van der Waals surface area contributed by atoms with E-state index in [0.29, 0.717) is 73.2 Å². The molecule has 0 fully saturated rings. The number of H-pyrrole nitrogens is 2.